The number of rotatable bonds is 3. The fourth-order valence-electron chi connectivity index (χ4n) is 1.28. The number of benzene rings is 1. The van der Waals surface area contributed by atoms with Crippen molar-refractivity contribution in [3.05, 3.63) is 50.6 Å². The highest BCUT2D eigenvalue weighted by atomic mass is 79.9. The summed E-state index contributed by atoms with van der Waals surface area (Å²) in [4.78, 5) is 0. The Bertz CT molecular complexity index is 498. The van der Waals surface area contributed by atoms with Gasteiger partial charge in [-0.2, -0.15) is 0 Å². The lowest BCUT2D eigenvalue weighted by Crippen LogP contribution is -2.01. The van der Waals surface area contributed by atoms with Crippen LogP contribution in [0.2, 0.25) is 0 Å². The van der Waals surface area contributed by atoms with Gasteiger partial charge in [-0.05, 0) is 45.1 Å². The van der Waals surface area contributed by atoms with Gasteiger partial charge in [0, 0.05) is 6.54 Å². The zero-order valence-corrected chi connectivity index (χ0v) is 10.5. The molecule has 0 amide bonds. The highest BCUT2D eigenvalue weighted by molar-refractivity contribution is 9.11. The van der Waals surface area contributed by atoms with E-state index in [0.29, 0.717) is 6.54 Å². The molecule has 84 valence electrons. The highest BCUT2D eigenvalue weighted by Crippen LogP contribution is 2.22. The molecular formula is C11H8BrF2NS. The first kappa shape index (κ1) is 11.5. The third-order valence-corrected chi connectivity index (χ3v) is 3.61. The third kappa shape index (κ3) is 2.59. The molecule has 2 rings (SSSR count). The van der Waals surface area contributed by atoms with E-state index in [1.165, 1.54) is 12.1 Å². The van der Waals surface area contributed by atoms with Gasteiger partial charge >= 0.3 is 0 Å². The number of hydrogen-bond donors (Lipinski definition) is 1. The van der Waals surface area contributed by atoms with E-state index in [4.69, 9.17) is 0 Å². The van der Waals surface area contributed by atoms with Crippen LogP contribution in [0.4, 0.5) is 14.5 Å². The predicted octanol–water partition coefficient (Wildman–Crippen LogP) is 4.40. The lowest BCUT2D eigenvalue weighted by molar-refractivity contribution is 0.511. The number of nitrogens with one attached hydrogen (secondary N) is 1. The molecule has 0 aliphatic heterocycles. The van der Waals surface area contributed by atoms with E-state index in [9.17, 15) is 8.78 Å². The molecule has 1 nitrogen and oxygen atoms in total. The van der Waals surface area contributed by atoms with Gasteiger partial charge in [-0.3, -0.25) is 0 Å². The quantitative estimate of drug-likeness (QED) is 0.886. The van der Waals surface area contributed by atoms with E-state index in [0.717, 1.165) is 15.4 Å². The van der Waals surface area contributed by atoms with Crippen LogP contribution in [0.1, 0.15) is 5.56 Å². The van der Waals surface area contributed by atoms with Gasteiger partial charge in [-0.25, -0.2) is 8.78 Å². The molecule has 2 aromatic rings. The van der Waals surface area contributed by atoms with Crippen LogP contribution in [-0.4, -0.2) is 0 Å². The van der Waals surface area contributed by atoms with Gasteiger partial charge in [-0.1, -0.05) is 6.07 Å². The monoisotopic (exact) mass is 303 g/mol. The smallest absolute Gasteiger partial charge is 0.181 e. The summed E-state index contributed by atoms with van der Waals surface area (Å²) in [5.74, 6) is -1.67. The number of anilines is 1. The first-order valence-electron chi connectivity index (χ1n) is 4.57. The molecule has 0 radical (unpaired) electrons. The van der Waals surface area contributed by atoms with E-state index in [1.807, 2.05) is 11.4 Å². The second-order valence-corrected chi connectivity index (χ2v) is 5.50. The van der Waals surface area contributed by atoms with Crippen molar-refractivity contribution in [2.45, 2.75) is 6.54 Å². The summed E-state index contributed by atoms with van der Waals surface area (Å²) in [6.07, 6.45) is 0. The van der Waals surface area contributed by atoms with Crippen molar-refractivity contribution in [1.29, 1.82) is 0 Å². The fourth-order valence-corrected chi connectivity index (χ4v) is 2.49. The summed E-state index contributed by atoms with van der Waals surface area (Å²) >= 11 is 4.90. The van der Waals surface area contributed by atoms with Gasteiger partial charge in [0.15, 0.2) is 11.6 Å². The van der Waals surface area contributed by atoms with Crippen LogP contribution < -0.4 is 5.32 Å². The molecule has 1 aromatic heterocycles. The number of hydrogen-bond acceptors (Lipinski definition) is 2. The van der Waals surface area contributed by atoms with Crippen molar-refractivity contribution in [2.75, 3.05) is 5.32 Å². The van der Waals surface area contributed by atoms with Crippen molar-refractivity contribution in [3.63, 3.8) is 0 Å². The maximum absolute atomic E-state index is 13.3. The van der Waals surface area contributed by atoms with Crippen LogP contribution >= 0.6 is 27.3 Å². The molecular weight excluding hydrogens is 296 g/mol. The molecule has 0 aliphatic carbocycles. The Hall–Kier alpha value is -0.940. The van der Waals surface area contributed by atoms with Gasteiger partial charge in [0.2, 0.25) is 0 Å². The maximum atomic E-state index is 13.3. The highest BCUT2D eigenvalue weighted by Gasteiger charge is 2.07. The first-order valence-corrected chi connectivity index (χ1v) is 6.25. The average molecular weight is 304 g/mol. The van der Waals surface area contributed by atoms with Crippen molar-refractivity contribution in [2.24, 2.45) is 0 Å². The lowest BCUT2D eigenvalue weighted by atomic mass is 10.2. The summed E-state index contributed by atoms with van der Waals surface area (Å²) in [5, 5.41) is 4.81. The third-order valence-electron chi connectivity index (χ3n) is 2.06. The Balaban J connectivity index is 2.07. The zero-order chi connectivity index (χ0) is 11.5. The molecule has 0 fully saturated rings. The molecule has 5 heteroatoms. The van der Waals surface area contributed by atoms with Crippen LogP contribution in [0.15, 0.2) is 33.4 Å². The number of thiophene rings is 1. The topological polar surface area (TPSA) is 12.0 Å². The normalized spacial score (nSPS) is 10.4. The summed E-state index contributed by atoms with van der Waals surface area (Å²) in [7, 11) is 0. The average Bonchev–Trinajstić information content (AvgIpc) is 2.67. The van der Waals surface area contributed by atoms with Gasteiger partial charge in [0.1, 0.15) is 0 Å². The predicted molar refractivity (Wildman–Crippen MR) is 65.7 cm³/mol. The molecule has 0 unspecified atom stereocenters. The maximum Gasteiger partial charge on any atom is 0.181 e. The minimum atomic E-state index is -0.837. The minimum absolute atomic E-state index is 0.183. The fraction of sp³-hybridized carbons (Fsp3) is 0.0909. The number of halogens is 3. The summed E-state index contributed by atoms with van der Waals surface area (Å²) in [5.41, 5.74) is 1.21. The molecule has 16 heavy (non-hydrogen) atoms. The van der Waals surface area contributed by atoms with E-state index >= 15 is 0 Å². The van der Waals surface area contributed by atoms with Crippen molar-refractivity contribution < 1.29 is 8.78 Å². The molecule has 0 aliphatic rings. The van der Waals surface area contributed by atoms with E-state index in [2.05, 4.69) is 21.2 Å². The van der Waals surface area contributed by atoms with Gasteiger partial charge in [-0.15, -0.1) is 11.3 Å². The zero-order valence-electron chi connectivity index (χ0n) is 8.14. The molecule has 1 heterocycles. The summed E-state index contributed by atoms with van der Waals surface area (Å²) in [6, 6.07) is 6.03. The van der Waals surface area contributed by atoms with E-state index in [1.54, 1.807) is 11.3 Å². The SMILES string of the molecule is Fc1cccc(NCc2csc(Br)c2)c1F. The van der Waals surface area contributed by atoms with Crippen LogP contribution in [0.3, 0.4) is 0 Å². The van der Waals surface area contributed by atoms with Gasteiger partial charge < -0.3 is 5.32 Å². The van der Waals surface area contributed by atoms with E-state index in [-0.39, 0.29) is 5.69 Å². The second-order valence-electron chi connectivity index (χ2n) is 3.21. The molecule has 1 N–H and O–H groups in total. The van der Waals surface area contributed by atoms with Gasteiger partial charge in [0.25, 0.3) is 0 Å². The largest absolute Gasteiger partial charge is 0.378 e. The molecule has 0 saturated carbocycles. The van der Waals surface area contributed by atoms with Crippen molar-refractivity contribution in [3.8, 4) is 0 Å². The Morgan fingerprint density at radius 2 is 2.12 bits per heavy atom. The Labute approximate surface area is 104 Å². The molecule has 0 spiro atoms. The Morgan fingerprint density at radius 1 is 1.31 bits per heavy atom. The minimum Gasteiger partial charge on any atom is -0.378 e. The first-order chi connectivity index (χ1) is 7.66. The van der Waals surface area contributed by atoms with Crippen molar-refractivity contribution >= 4 is 33.0 Å². The second kappa shape index (κ2) is 4.93. The molecule has 1 aromatic carbocycles. The van der Waals surface area contributed by atoms with Crippen LogP contribution in [-0.2, 0) is 6.54 Å². The molecule has 0 atom stereocenters. The van der Waals surface area contributed by atoms with Crippen LogP contribution in [0.25, 0.3) is 0 Å². The van der Waals surface area contributed by atoms with Gasteiger partial charge in [0.05, 0.1) is 9.47 Å². The van der Waals surface area contributed by atoms with Crippen molar-refractivity contribution in [1.82, 2.24) is 0 Å². The molecule has 0 saturated heterocycles. The Kier molecular flexibility index (Phi) is 3.56. The summed E-state index contributed by atoms with van der Waals surface area (Å²) < 4.78 is 27.2. The summed E-state index contributed by atoms with van der Waals surface area (Å²) in [6.45, 7) is 0.475. The molecule has 0 bridgehead atoms. The van der Waals surface area contributed by atoms with Crippen LogP contribution in [0, 0.1) is 11.6 Å². The van der Waals surface area contributed by atoms with E-state index < -0.39 is 11.6 Å². The lowest BCUT2D eigenvalue weighted by Gasteiger charge is -2.06. The standard InChI is InChI=1S/C11H8BrF2NS/c12-10-4-7(6-16-10)5-15-9-3-1-2-8(13)11(9)14/h1-4,6,15H,5H2. The van der Waals surface area contributed by atoms with Crippen LogP contribution in [0.5, 0.6) is 0 Å². The Morgan fingerprint density at radius 3 is 2.81 bits per heavy atom.